The lowest BCUT2D eigenvalue weighted by atomic mass is 9.88. The number of nitrogens with zero attached hydrogens (tertiary/aromatic N) is 1. The van der Waals surface area contributed by atoms with Crippen molar-refractivity contribution in [1.29, 1.82) is 5.26 Å². The highest BCUT2D eigenvalue weighted by Gasteiger charge is 2.35. The molecule has 1 aliphatic rings. The van der Waals surface area contributed by atoms with Gasteiger partial charge in [-0.3, -0.25) is 0 Å². The Labute approximate surface area is 96.0 Å². The summed E-state index contributed by atoms with van der Waals surface area (Å²) >= 11 is 0. The summed E-state index contributed by atoms with van der Waals surface area (Å²) in [6.45, 7) is 2.66. The molecule has 1 aromatic carbocycles. The number of hydrogen-bond acceptors (Lipinski definition) is 3. The molecule has 0 aromatic heterocycles. The molecule has 84 valence electrons. The maximum absolute atomic E-state index is 9.35. The summed E-state index contributed by atoms with van der Waals surface area (Å²) in [6, 6.07) is 12.3. The highest BCUT2D eigenvalue weighted by molar-refractivity contribution is 5.47. The van der Waals surface area contributed by atoms with E-state index in [0.29, 0.717) is 6.61 Å². The Morgan fingerprint density at radius 1 is 1.44 bits per heavy atom. The molecule has 0 spiro atoms. The SMILES string of the molecule is CC1CC(C#N)(Nc2ccccc2)CCO1. The third kappa shape index (κ3) is 2.34. The Bertz CT molecular complexity index is 385. The van der Waals surface area contributed by atoms with Gasteiger partial charge in [-0.05, 0) is 19.1 Å². The highest BCUT2D eigenvalue weighted by Crippen LogP contribution is 2.28. The number of nitrogens with one attached hydrogen (secondary N) is 1. The summed E-state index contributed by atoms with van der Waals surface area (Å²) < 4.78 is 5.48. The first-order chi connectivity index (χ1) is 7.74. The molecule has 1 N–H and O–H groups in total. The number of anilines is 1. The fraction of sp³-hybridized carbons (Fsp3) is 0.462. The standard InChI is InChI=1S/C13H16N2O/c1-11-9-13(10-14,7-8-16-11)15-12-5-3-2-4-6-12/h2-6,11,15H,7-9H2,1H3. The molecule has 0 radical (unpaired) electrons. The first-order valence-electron chi connectivity index (χ1n) is 5.60. The van der Waals surface area contributed by atoms with E-state index < -0.39 is 5.54 Å². The predicted molar refractivity (Wildman–Crippen MR) is 63.1 cm³/mol. The average Bonchev–Trinajstić information content (AvgIpc) is 2.30. The third-order valence-electron chi connectivity index (χ3n) is 2.94. The number of ether oxygens (including phenoxy) is 1. The zero-order chi connectivity index (χ0) is 11.4. The third-order valence-corrected chi connectivity index (χ3v) is 2.94. The van der Waals surface area contributed by atoms with Gasteiger partial charge in [-0.15, -0.1) is 0 Å². The fourth-order valence-corrected chi connectivity index (χ4v) is 2.13. The van der Waals surface area contributed by atoms with Gasteiger partial charge in [0.1, 0.15) is 5.54 Å². The Morgan fingerprint density at radius 2 is 2.19 bits per heavy atom. The monoisotopic (exact) mass is 216 g/mol. The Morgan fingerprint density at radius 3 is 2.81 bits per heavy atom. The Balaban J connectivity index is 2.14. The number of hydrogen-bond donors (Lipinski definition) is 1. The van der Waals surface area contributed by atoms with Gasteiger partial charge in [-0.2, -0.15) is 5.26 Å². The van der Waals surface area contributed by atoms with Crippen LogP contribution in [0.5, 0.6) is 0 Å². The lowest BCUT2D eigenvalue weighted by Gasteiger charge is -2.35. The summed E-state index contributed by atoms with van der Waals surface area (Å²) in [5, 5.41) is 12.7. The topological polar surface area (TPSA) is 45.0 Å². The molecule has 16 heavy (non-hydrogen) atoms. The van der Waals surface area contributed by atoms with E-state index in [4.69, 9.17) is 4.74 Å². The average molecular weight is 216 g/mol. The molecule has 0 amide bonds. The van der Waals surface area contributed by atoms with Gasteiger partial charge in [0.2, 0.25) is 0 Å². The first-order valence-corrected chi connectivity index (χ1v) is 5.60. The van der Waals surface area contributed by atoms with Crippen molar-refractivity contribution >= 4 is 5.69 Å². The zero-order valence-corrected chi connectivity index (χ0v) is 9.44. The summed E-state index contributed by atoms with van der Waals surface area (Å²) in [6.07, 6.45) is 1.62. The second-order valence-electron chi connectivity index (χ2n) is 4.32. The molecular weight excluding hydrogens is 200 g/mol. The lowest BCUT2D eigenvalue weighted by Crippen LogP contribution is -2.45. The molecule has 0 saturated carbocycles. The molecule has 1 saturated heterocycles. The van der Waals surface area contributed by atoms with Crippen molar-refractivity contribution in [2.75, 3.05) is 11.9 Å². The minimum atomic E-state index is -0.473. The normalized spacial score (nSPS) is 29.4. The second kappa shape index (κ2) is 4.54. The van der Waals surface area contributed by atoms with E-state index in [9.17, 15) is 5.26 Å². The molecule has 1 aromatic rings. The summed E-state index contributed by atoms with van der Waals surface area (Å²) in [7, 11) is 0. The van der Waals surface area contributed by atoms with Gasteiger partial charge in [0.05, 0.1) is 18.8 Å². The summed E-state index contributed by atoms with van der Waals surface area (Å²) in [5.41, 5.74) is 0.525. The van der Waals surface area contributed by atoms with Gasteiger partial charge < -0.3 is 10.1 Å². The van der Waals surface area contributed by atoms with Crippen molar-refractivity contribution < 1.29 is 4.74 Å². The number of para-hydroxylation sites is 1. The fourth-order valence-electron chi connectivity index (χ4n) is 2.13. The van der Waals surface area contributed by atoms with Crippen LogP contribution in [0.15, 0.2) is 30.3 Å². The lowest BCUT2D eigenvalue weighted by molar-refractivity contribution is 0.0103. The number of rotatable bonds is 2. The summed E-state index contributed by atoms with van der Waals surface area (Å²) in [5.74, 6) is 0. The molecule has 1 aliphatic heterocycles. The van der Waals surface area contributed by atoms with Crippen LogP contribution in [0.2, 0.25) is 0 Å². The van der Waals surface area contributed by atoms with Crippen molar-refractivity contribution in [3.8, 4) is 6.07 Å². The number of nitriles is 1. The minimum Gasteiger partial charge on any atom is -0.378 e. The van der Waals surface area contributed by atoms with E-state index in [1.165, 1.54) is 0 Å². The van der Waals surface area contributed by atoms with E-state index in [0.717, 1.165) is 18.5 Å². The molecule has 2 unspecified atom stereocenters. The van der Waals surface area contributed by atoms with Crippen LogP contribution in [-0.4, -0.2) is 18.2 Å². The molecule has 0 aliphatic carbocycles. The van der Waals surface area contributed by atoms with Gasteiger partial charge in [0.25, 0.3) is 0 Å². The van der Waals surface area contributed by atoms with E-state index in [2.05, 4.69) is 11.4 Å². The molecular formula is C13H16N2O. The van der Waals surface area contributed by atoms with Gasteiger partial charge in [-0.25, -0.2) is 0 Å². The van der Waals surface area contributed by atoms with Crippen LogP contribution in [0.3, 0.4) is 0 Å². The zero-order valence-electron chi connectivity index (χ0n) is 9.44. The van der Waals surface area contributed by atoms with Gasteiger partial charge in [0.15, 0.2) is 0 Å². The van der Waals surface area contributed by atoms with Crippen LogP contribution in [0.4, 0.5) is 5.69 Å². The van der Waals surface area contributed by atoms with E-state index >= 15 is 0 Å². The van der Waals surface area contributed by atoms with Crippen LogP contribution < -0.4 is 5.32 Å². The van der Waals surface area contributed by atoms with Crippen LogP contribution in [0.1, 0.15) is 19.8 Å². The maximum atomic E-state index is 9.35. The molecule has 0 bridgehead atoms. The molecule has 1 heterocycles. The molecule has 1 fully saturated rings. The highest BCUT2D eigenvalue weighted by atomic mass is 16.5. The van der Waals surface area contributed by atoms with Gasteiger partial charge in [0, 0.05) is 18.5 Å². The van der Waals surface area contributed by atoms with Gasteiger partial charge >= 0.3 is 0 Å². The Kier molecular flexibility index (Phi) is 3.12. The first kappa shape index (κ1) is 11.0. The second-order valence-corrected chi connectivity index (χ2v) is 4.32. The molecule has 2 atom stereocenters. The van der Waals surface area contributed by atoms with Gasteiger partial charge in [-0.1, -0.05) is 18.2 Å². The predicted octanol–water partition coefficient (Wildman–Crippen LogP) is 2.56. The summed E-state index contributed by atoms with van der Waals surface area (Å²) in [4.78, 5) is 0. The smallest absolute Gasteiger partial charge is 0.130 e. The largest absolute Gasteiger partial charge is 0.378 e. The van der Waals surface area contributed by atoms with E-state index in [1.807, 2.05) is 37.3 Å². The van der Waals surface area contributed by atoms with Crippen LogP contribution in [0.25, 0.3) is 0 Å². The molecule has 3 nitrogen and oxygen atoms in total. The van der Waals surface area contributed by atoms with Crippen molar-refractivity contribution in [2.24, 2.45) is 0 Å². The minimum absolute atomic E-state index is 0.143. The quantitative estimate of drug-likeness (QED) is 0.826. The maximum Gasteiger partial charge on any atom is 0.130 e. The molecule has 2 rings (SSSR count). The van der Waals surface area contributed by atoms with Crippen molar-refractivity contribution in [2.45, 2.75) is 31.4 Å². The van der Waals surface area contributed by atoms with Crippen LogP contribution in [-0.2, 0) is 4.74 Å². The Hall–Kier alpha value is -1.53. The van der Waals surface area contributed by atoms with Crippen molar-refractivity contribution in [3.63, 3.8) is 0 Å². The van der Waals surface area contributed by atoms with E-state index in [1.54, 1.807) is 0 Å². The van der Waals surface area contributed by atoms with Crippen LogP contribution in [0, 0.1) is 11.3 Å². The molecule has 3 heteroatoms. The number of benzene rings is 1. The van der Waals surface area contributed by atoms with Crippen LogP contribution >= 0.6 is 0 Å². The van der Waals surface area contributed by atoms with Crippen molar-refractivity contribution in [3.05, 3.63) is 30.3 Å². The van der Waals surface area contributed by atoms with E-state index in [-0.39, 0.29) is 6.10 Å². The van der Waals surface area contributed by atoms with Crippen molar-refractivity contribution in [1.82, 2.24) is 0 Å².